The lowest BCUT2D eigenvalue weighted by molar-refractivity contribution is 0.0535. The molecule has 0 unspecified atom stereocenters. The molecule has 0 bridgehead atoms. The SMILES string of the molecule is COc1ccc(C(=O)N2CCN(C(=O)c3ccc(C(C)C)cc3)CC2)cc1OC. The van der Waals surface area contributed by atoms with Gasteiger partial charge in [0.2, 0.25) is 0 Å². The van der Waals surface area contributed by atoms with Gasteiger partial charge in [0.25, 0.3) is 11.8 Å². The molecule has 0 aliphatic carbocycles. The molecule has 2 amide bonds. The molecule has 0 N–H and O–H groups in total. The fraction of sp³-hybridized carbons (Fsp3) is 0.391. The van der Waals surface area contributed by atoms with E-state index in [0.717, 1.165) is 0 Å². The quantitative estimate of drug-likeness (QED) is 0.777. The molecule has 2 aromatic rings. The van der Waals surface area contributed by atoms with Gasteiger partial charge in [-0.15, -0.1) is 0 Å². The lowest BCUT2D eigenvalue weighted by atomic mass is 10.0. The van der Waals surface area contributed by atoms with Crippen LogP contribution in [0.4, 0.5) is 0 Å². The van der Waals surface area contributed by atoms with Gasteiger partial charge in [0.1, 0.15) is 0 Å². The predicted octanol–water partition coefficient (Wildman–Crippen LogP) is 3.43. The molecular weight excluding hydrogens is 368 g/mol. The lowest BCUT2D eigenvalue weighted by Gasteiger charge is -2.35. The molecule has 0 radical (unpaired) electrons. The zero-order chi connectivity index (χ0) is 21.0. The number of hydrogen-bond acceptors (Lipinski definition) is 4. The zero-order valence-electron chi connectivity index (χ0n) is 17.5. The summed E-state index contributed by atoms with van der Waals surface area (Å²) in [7, 11) is 3.11. The van der Waals surface area contributed by atoms with Gasteiger partial charge in [-0.05, 0) is 41.8 Å². The zero-order valence-corrected chi connectivity index (χ0v) is 17.5. The Morgan fingerprint density at radius 1 is 0.759 bits per heavy atom. The van der Waals surface area contributed by atoms with E-state index in [9.17, 15) is 9.59 Å². The van der Waals surface area contributed by atoms with Crippen LogP contribution in [0.15, 0.2) is 42.5 Å². The molecule has 154 valence electrons. The van der Waals surface area contributed by atoms with Crippen molar-refractivity contribution >= 4 is 11.8 Å². The van der Waals surface area contributed by atoms with Gasteiger partial charge in [0.05, 0.1) is 14.2 Å². The highest BCUT2D eigenvalue weighted by atomic mass is 16.5. The Hall–Kier alpha value is -3.02. The predicted molar refractivity (Wildman–Crippen MR) is 112 cm³/mol. The van der Waals surface area contributed by atoms with Gasteiger partial charge in [-0.3, -0.25) is 9.59 Å². The van der Waals surface area contributed by atoms with Crippen molar-refractivity contribution in [3.8, 4) is 11.5 Å². The molecule has 2 aromatic carbocycles. The molecule has 6 nitrogen and oxygen atoms in total. The highest BCUT2D eigenvalue weighted by Gasteiger charge is 2.26. The number of carbonyl (C=O) groups excluding carboxylic acids is 2. The maximum atomic E-state index is 12.8. The maximum absolute atomic E-state index is 12.8. The minimum Gasteiger partial charge on any atom is -0.493 e. The number of ether oxygens (including phenoxy) is 2. The molecule has 3 rings (SSSR count). The molecule has 0 atom stereocenters. The van der Waals surface area contributed by atoms with Crippen LogP contribution < -0.4 is 9.47 Å². The van der Waals surface area contributed by atoms with Gasteiger partial charge in [0, 0.05) is 37.3 Å². The van der Waals surface area contributed by atoms with Crippen LogP contribution in [0.2, 0.25) is 0 Å². The van der Waals surface area contributed by atoms with Crippen molar-refractivity contribution < 1.29 is 19.1 Å². The number of rotatable bonds is 5. The highest BCUT2D eigenvalue weighted by molar-refractivity contribution is 5.96. The van der Waals surface area contributed by atoms with Crippen LogP contribution in [-0.4, -0.2) is 62.0 Å². The van der Waals surface area contributed by atoms with Crippen LogP contribution in [0, 0.1) is 0 Å². The van der Waals surface area contributed by atoms with Gasteiger partial charge >= 0.3 is 0 Å². The van der Waals surface area contributed by atoms with E-state index in [-0.39, 0.29) is 11.8 Å². The van der Waals surface area contributed by atoms with E-state index in [1.54, 1.807) is 37.3 Å². The van der Waals surface area contributed by atoms with Crippen molar-refractivity contribution in [1.29, 1.82) is 0 Å². The number of carbonyl (C=O) groups is 2. The van der Waals surface area contributed by atoms with E-state index in [1.165, 1.54) is 5.56 Å². The standard InChI is InChI=1S/C23H28N2O4/c1-16(2)17-5-7-18(8-6-17)22(26)24-11-13-25(14-12-24)23(27)19-9-10-20(28-3)21(15-19)29-4/h5-10,15-16H,11-14H2,1-4H3. The third kappa shape index (κ3) is 4.53. The van der Waals surface area contributed by atoms with Crippen molar-refractivity contribution in [3.63, 3.8) is 0 Å². The van der Waals surface area contributed by atoms with Crippen LogP contribution in [0.1, 0.15) is 46.0 Å². The Kier molecular flexibility index (Phi) is 6.42. The summed E-state index contributed by atoms with van der Waals surface area (Å²) in [6.07, 6.45) is 0. The van der Waals surface area contributed by atoms with Gasteiger partial charge in [-0.2, -0.15) is 0 Å². The minimum atomic E-state index is -0.0701. The number of benzene rings is 2. The van der Waals surface area contributed by atoms with Gasteiger partial charge < -0.3 is 19.3 Å². The largest absolute Gasteiger partial charge is 0.493 e. The molecule has 0 spiro atoms. The summed E-state index contributed by atoms with van der Waals surface area (Å²) >= 11 is 0. The Morgan fingerprint density at radius 2 is 1.24 bits per heavy atom. The first-order chi connectivity index (χ1) is 13.9. The van der Waals surface area contributed by atoms with Crippen LogP contribution >= 0.6 is 0 Å². The summed E-state index contributed by atoms with van der Waals surface area (Å²) < 4.78 is 10.5. The van der Waals surface area contributed by atoms with Gasteiger partial charge in [-0.1, -0.05) is 26.0 Å². The van der Waals surface area contributed by atoms with Crippen molar-refractivity contribution in [2.45, 2.75) is 19.8 Å². The summed E-state index contributed by atoms with van der Waals surface area (Å²) in [5.74, 6) is 1.49. The molecule has 0 saturated carbocycles. The van der Waals surface area contributed by atoms with E-state index in [1.807, 2.05) is 29.2 Å². The van der Waals surface area contributed by atoms with E-state index in [4.69, 9.17) is 9.47 Å². The molecule has 1 saturated heterocycles. The maximum Gasteiger partial charge on any atom is 0.254 e. The molecule has 1 heterocycles. The third-order valence-corrected chi connectivity index (χ3v) is 5.31. The van der Waals surface area contributed by atoms with Crippen molar-refractivity contribution in [3.05, 3.63) is 59.2 Å². The monoisotopic (exact) mass is 396 g/mol. The van der Waals surface area contributed by atoms with Crippen LogP contribution in [0.25, 0.3) is 0 Å². The highest BCUT2D eigenvalue weighted by Crippen LogP contribution is 2.28. The lowest BCUT2D eigenvalue weighted by Crippen LogP contribution is -2.50. The summed E-state index contributed by atoms with van der Waals surface area (Å²) in [4.78, 5) is 29.2. The van der Waals surface area contributed by atoms with Crippen LogP contribution in [0.5, 0.6) is 11.5 Å². The topological polar surface area (TPSA) is 59.1 Å². The average Bonchev–Trinajstić information content (AvgIpc) is 2.77. The fourth-order valence-electron chi connectivity index (χ4n) is 3.46. The number of nitrogens with zero attached hydrogens (tertiary/aromatic N) is 2. The molecule has 1 fully saturated rings. The molecule has 1 aliphatic rings. The summed E-state index contributed by atoms with van der Waals surface area (Å²) in [5.41, 5.74) is 2.45. The second-order valence-electron chi connectivity index (χ2n) is 7.43. The van der Waals surface area contributed by atoms with Gasteiger partial charge in [-0.25, -0.2) is 0 Å². The Labute approximate surface area is 172 Å². The molecular formula is C23H28N2O4. The number of hydrogen-bond donors (Lipinski definition) is 0. The number of piperazine rings is 1. The first kappa shape index (κ1) is 20.7. The number of amides is 2. The van der Waals surface area contributed by atoms with E-state index in [2.05, 4.69) is 13.8 Å². The van der Waals surface area contributed by atoms with E-state index in [0.29, 0.717) is 54.7 Å². The van der Waals surface area contributed by atoms with Crippen molar-refractivity contribution in [2.75, 3.05) is 40.4 Å². The van der Waals surface area contributed by atoms with Gasteiger partial charge in [0.15, 0.2) is 11.5 Å². The molecule has 1 aliphatic heterocycles. The van der Waals surface area contributed by atoms with E-state index < -0.39 is 0 Å². The first-order valence-corrected chi connectivity index (χ1v) is 9.85. The van der Waals surface area contributed by atoms with Crippen LogP contribution in [0.3, 0.4) is 0 Å². The third-order valence-electron chi connectivity index (χ3n) is 5.31. The van der Waals surface area contributed by atoms with Crippen molar-refractivity contribution in [1.82, 2.24) is 9.80 Å². The van der Waals surface area contributed by atoms with Crippen LogP contribution in [-0.2, 0) is 0 Å². The van der Waals surface area contributed by atoms with Crippen molar-refractivity contribution in [2.24, 2.45) is 0 Å². The fourth-order valence-corrected chi connectivity index (χ4v) is 3.46. The molecule has 0 aromatic heterocycles. The second kappa shape index (κ2) is 8.99. The Balaban J connectivity index is 1.62. The summed E-state index contributed by atoms with van der Waals surface area (Å²) in [5, 5.41) is 0. The summed E-state index contributed by atoms with van der Waals surface area (Å²) in [6.45, 7) is 6.30. The normalized spacial score (nSPS) is 14.1. The minimum absolute atomic E-state index is 0.0125. The Bertz CT molecular complexity index is 869. The second-order valence-corrected chi connectivity index (χ2v) is 7.43. The number of methoxy groups -OCH3 is 2. The Morgan fingerprint density at radius 3 is 1.72 bits per heavy atom. The average molecular weight is 396 g/mol. The molecule has 6 heteroatoms. The smallest absolute Gasteiger partial charge is 0.254 e. The first-order valence-electron chi connectivity index (χ1n) is 9.85. The van der Waals surface area contributed by atoms with E-state index >= 15 is 0 Å². The summed E-state index contributed by atoms with van der Waals surface area (Å²) in [6, 6.07) is 12.9. The molecule has 29 heavy (non-hydrogen) atoms.